The Balaban J connectivity index is 0.00000147. The summed E-state index contributed by atoms with van der Waals surface area (Å²) in [5, 5.41) is 6.44. The Hall–Kier alpha value is -1.06. The number of halogens is 1. The predicted octanol–water partition coefficient (Wildman–Crippen LogP) is 2.91. The van der Waals surface area contributed by atoms with E-state index in [-0.39, 0.29) is 24.2 Å². The molecule has 0 aromatic heterocycles. The summed E-state index contributed by atoms with van der Waals surface area (Å²) in [6.07, 6.45) is 5.85. The fourth-order valence-electron chi connectivity index (χ4n) is 3.16. The zero-order valence-electron chi connectivity index (χ0n) is 11.8. The molecule has 0 radical (unpaired) electrons. The van der Waals surface area contributed by atoms with Crippen LogP contribution in [0.2, 0.25) is 0 Å². The average molecular weight is 295 g/mol. The van der Waals surface area contributed by atoms with Crippen molar-refractivity contribution in [1.82, 2.24) is 10.6 Å². The normalized spacial score (nSPS) is 18.2. The van der Waals surface area contributed by atoms with E-state index in [0.29, 0.717) is 6.54 Å². The van der Waals surface area contributed by atoms with E-state index in [1.165, 1.54) is 36.0 Å². The van der Waals surface area contributed by atoms with Crippen LogP contribution in [-0.2, 0) is 24.4 Å². The second-order valence-corrected chi connectivity index (χ2v) is 5.76. The molecule has 0 saturated heterocycles. The number of hydrogen-bond donors (Lipinski definition) is 2. The van der Waals surface area contributed by atoms with Crippen LogP contribution in [0, 0.1) is 5.92 Å². The quantitative estimate of drug-likeness (QED) is 0.900. The molecule has 2 N–H and O–H groups in total. The molecule has 110 valence electrons. The van der Waals surface area contributed by atoms with Gasteiger partial charge in [-0.25, -0.2) is 0 Å². The summed E-state index contributed by atoms with van der Waals surface area (Å²) in [6.45, 7) is 2.60. The Kier molecular flexibility index (Phi) is 5.44. The lowest BCUT2D eigenvalue weighted by molar-refractivity contribution is -0.126. The van der Waals surface area contributed by atoms with Gasteiger partial charge >= 0.3 is 0 Å². The highest BCUT2D eigenvalue weighted by Crippen LogP contribution is 2.24. The molecule has 2 aliphatic rings. The number of amides is 1. The number of benzene rings is 1. The SMILES string of the molecule is Cl.O=C(NCc1ccc2c(c1)CNC2)C1CCCCC1. The third kappa shape index (κ3) is 3.53. The van der Waals surface area contributed by atoms with Gasteiger partial charge in [-0.05, 0) is 29.5 Å². The molecule has 0 bridgehead atoms. The molecule has 1 aliphatic heterocycles. The number of nitrogens with one attached hydrogen (secondary N) is 2. The van der Waals surface area contributed by atoms with Crippen molar-refractivity contribution in [1.29, 1.82) is 0 Å². The minimum absolute atomic E-state index is 0. The van der Waals surface area contributed by atoms with Gasteiger partial charge in [0.1, 0.15) is 0 Å². The molecular weight excluding hydrogens is 272 g/mol. The van der Waals surface area contributed by atoms with Gasteiger partial charge in [-0.15, -0.1) is 12.4 Å². The first kappa shape index (κ1) is 15.3. The minimum atomic E-state index is 0. The zero-order valence-corrected chi connectivity index (χ0v) is 12.6. The molecule has 0 spiro atoms. The van der Waals surface area contributed by atoms with E-state index >= 15 is 0 Å². The average Bonchev–Trinajstić information content (AvgIpc) is 2.93. The van der Waals surface area contributed by atoms with Crippen LogP contribution in [0.15, 0.2) is 18.2 Å². The van der Waals surface area contributed by atoms with Crippen LogP contribution in [0.3, 0.4) is 0 Å². The van der Waals surface area contributed by atoms with Gasteiger partial charge in [0, 0.05) is 25.6 Å². The van der Waals surface area contributed by atoms with Gasteiger partial charge in [-0.3, -0.25) is 4.79 Å². The van der Waals surface area contributed by atoms with E-state index in [1.807, 2.05) is 0 Å². The van der Waals surface area contributed by atoms with Gasteiger partial charge in [0.2, 0.25) is 5.91 Å². The van der Waals surface area contributed by atoms with Crippen LogP contribution in [0.1, 0.15) is 48.8 Å². The lowest BCUT2D eigenvalue weighted by atomic mass is 9.88. The predicted molar refractivity (Wildman–Crippen MR) is 82.7 cm³/mol. The largest absolute Gasteiger partial charge is 0.352 e. The Morgan fingerprint density at radius 1 is 1.15 bits per heavy atom. The highest BCUT2D eigenvalue weighted by molar-refractivity contribution is 5.85. The molecule has 1 fully saturated rings. The van der Waals surface area contributed by atoms with E-state index in [9.17, 15) is 4.79 Å². The maximum absolute atomic E-state index is 12.1. The minimum Gasteiger partial charge on any atom is -0.352 e. The van der Waals surface area contributed by atoms with Gasteiger partial charge in [0.05, 0.1) is 0 Å². The van der Waals surface area contributed by atoms with Crippen LogP contribution in [0.5, 0.6) is 0 Å². The Morgan fingerprint density at radius 2 is 1.90 bits per heavy atom. The molecule has 1 aromatic rings. The van der Waals surface area contributed by atoms with E-state index < -0.39 is 0 Å². The second kappa shape index (κ2) is 7.09. The first-order chi connectivity index (χ1) is 9.33. The fourth-order valence-corrected chi connectivity index (χ4v) is 3.16. The summed E-state index contributed by atoms with van der Waals surface area (Å²) in [5.74, 6) is 0.503. The van der Waals surface area contributed by atoms with E-state index in [2.05, 4.69) is 28.8 Å². The molecule has 20 heavy (non-hydrogen) atoms. The van der Waals surface area contributed by atoms with Crippen molar-refractivity contribution in [2.75, 3.05) is 0 Å². The molecule has 3 nitrogen and oxygen atoms in total. The molecule has 3 rings (SSSR count). The monoisotopic (exact) mass is 294 g/mol. The molecule has 1 aromatic carbocycles. The molecule has 0 atom stereocenters. The maximum atomic E-state index is 12.1. The van der Waals surface area contributed by atoms with Crippen molar-refractivity contribution in [2.24, 2.45) is 5.92 Å². The highest BCUT2D eigenvalue weighted by Gasteiger charge is 2.20. The van der Waals surface area contributed by atoms with E-state index in [1.54, 1.807) is 0 Å². The van der Waals surface area contributed by atoms with Crippen LogP contribution in [0.25, 0.3) is 0 Å². The van der Waals surface area contributed by atoms with Crippen LogP contribution in [0.4, 0.5) is 0 Å². The molecule has 1 amide bonds. The molecule has 1 aliphatic carbocycles. The topological polar surface area (TPSA) is 41.1 Å². The van der Waals surface area contributed by atoms with Crippen LogP contribution < -0.4 is 10.6 Å². The van der Waals surface area contributed by atoms with Crippen molar-refractivity contribution in [3.8, 4) is 0 Å². The Labute approximate surface area is 126 Å². The van der Waals surface area contributed by atoms with Crippen LogP contribution in [-0.4, -0.2) is 5.91 Å². The zero-order chi connectivity index (χ0) is 13.1. The van der Waals surface area contributed by atoms with Gasteiger partial charge < -0.3 is 10.6 Å². The summed E-state index contributed by atoms with van der Waals surface area (Å²) in [5.41, 5.74) is 3.98. The summed E-state index contributed by atoms with van der Waals surface area (Å²) in [6, 6.07) is 6.53. The number of hydrogen-bond acceptors (Lipinski definition) is 2. The molecule has 1 heterocycles. The van der Waals surface area contributed by atoms with Crippen molar-refractivity contribution in [3.63, 3.8) is 0 Å². The summed E-state index contributed by atoms with van der Waals surface area (Å²) >= 11 is 0. The Morgan fingerprint density at radius 3 is 2.70 bits per heavy atom. The van der Waals surface area contributed by atoms with Crippen LogP contribution >= 0.6 is 12.4 Å². The van der Waals surface area contributed by atoms with E-state index in [4.69, 9.17) is 0 Å². The number of rotatable bonds is 3. The second-order valence-electron chi connectivity index (χ2n) is 5.76. The van der Waals surface area contributed by atoms with Gasteiger partial charge in [-0.1, -0.05) is 37.5 Å². The van der Waals surface area contributed by atoms with Gasteiger partial charge in [0.15, 0.2) is 0 Å². The first-order valence-electron chi connectivity index (χ1n) is 7.42. The molecule has 4 heteroatoms. The molecule has 0 unspecified atom stereocenters. The first-order valence-corrected chi connectivity index (χ1v) is 7.42. The maximum Gasteiger partial charge on any atom is 0.223 e. The smallest absolute Gasteiger partial charge is 0.223 e. The van der Waals surface area contributed by atoms with Crippen molar-refractivity contribution in [2.45, 2.75) is 51.7 Å². The van der Waals surface area contributed by atoms with Gasteiger partial charge in [-0.2, -0.15) is 0 Å². The van der Waals surface area contributed by atoms with Crippen molar-refractivity contribution in [3.05, 3.63) is 34.9 Å². The Bertz CT molecular complexity index is 470. The molecule has 1 saturated carbocycles. The standard InChI is InChI=1S/C16H22N2O.ClH/c19-16(13-4-2-1-3-5-13)18-9-12-6-7-14-10-17-11-15(14)8-12;/h6-8,13,17H,1-5,9-11H2,(H,18,19);1H. The van der Waals surface area contributed by atoms with Crippen molar-refractivity contribution >= 4 is 18.3 Å². The number of fused-ring (bicyclic) bond motifs is 1. The van der Waals surface area contributed by atoms with Crippen molar-refractivity contribution < 1.29 is 4.79 Å². The summed E-state index contributed by atoms with van der Waals surface area (Å²) < 4.78 is 0. The number of carbonyl (C=O) groups excluding carboxylic acids is 1. The van der Waals surface area contributed by atoms with E-state index in [0.717, 1.165) is 25.9 Å². The number of carbonyl (C=O) groups is 1. The third-order valence-electron chi connectivity index (χ3n) is 4.34. The fraction of sp³-hybridized carbons (Fsp3) is 0.562. The highest BCUT2D eigenvalue weighted by atomic mass is 35.5. The third-order valence-corrected chi connectivity index (χ3v) is 4.34. The summed E-state index contributed by atoms with van der Waals surface area (Å²) in [7, 11) is 0. The summed E-state index contributed by atoms with van der Waals surface area (Å²) in [4.78, 5) is 12.1. The lowest BCUT2D eigenvalue weighted by Gasteiger charge is -2.20. The van der Waals surface area contributed by atoms with Gasteiger partial charge in [0.25, 0.3) is 0 Å². The lowest BCUT2D eigenvalue weighted by Crippen LogP contribution is -2.31. The molecular formula is C16H23ClN2O.